The van der Waals surface area contributed by atoms with Crippen molar-refractivity contribution in [1.82, 2.24) is 10.2 Å². The molecule has 2 amide bonds. The molecule has 0 aliphatic carbocycles. The molecule has 0 bridgehead atoms. The summed E-state index contributed by atoms with van der Waals surface area (Å²) < 4.78 is 4.95. The second kappa shape index (κ2) is 5.98. The number of phenols is 1. The molecule has 1 aromatic rings. The highest BCUT2D eigenvalue weighted by atomic mass is 16.5. The second-order valence-corrected chi connectivity index (χ2v) is 3.70. The monoisotopic (exact) mass is 238 g/mol. The van der Waals surface area contributed by atoms with Gasteiger partial charge in [-0.2, -0.15) is 0 Å². The Bertz CT molecular complexity index is 393. The van der Waals surface area contributed by atoms with Gasteiger partial charge in [0.15, 0.2) is 11.5 Å². The van der Waals surface area contributed by atoms with Gasteiger partial charge in [-0.3, -0.25) is 0 Å². The third-order valence-electron chi connectivity index (χ3n) is 2.34. The Morgan fingerprint density at radius 1 is 1.53 bits per heavy atom. The number of phenolic OH excluding ortho intramolecular Hbond substituents is 1. The third kappa shape index (κ3) is 3.55. The molecule has 0 atom stereocenters. The number of aromatic hydroxyl groups is 1. The second-order valence-electron chi connectivity index (χ2n) is 3.70. The smallest absolute Gasteiger partial charge is 0.317 e. The summed E-state index contributed by atoms with van der Waals surface area (Å²) in [6.45, 7) is 2.89. The minimum Gasteiger partial charge on any atom is -0.504 e. The molecule has 5 nitrogen and oxygen atoms in total. The van der Waals surface area contributed by atoms with E-state index in [9.17, 15) is 9.90 Å². The minimum atomic E-state index is -0.136. The van der Waals surface area contributed by atoms with Gasteiger partial charge in [0.2, 0.25) is 0 Å². The van der Waals surface area contributed by atoms with Crippen molar-refractivity contribution in [2.24, 2.45) is 0 Å². The molecular weight excluding hydrogens is 220 g/mol. The van der Waals surface area contributed by atoms with Gasteiger partial charge in [0.25, 0.3) is 0 Å². The molecule has 1 rings (SSSR count). The fraction of sp³-hybridized carbons (Fsp3) is 0.417. The molecule has 0 heterocycles. The molecule has 0 spiro atoms. The zero-order valence-electron chi connectivity index (χ0n) is 10.4. The quantitative estimate of drug-likeness (QED) is 0.836. The first-order valence-corrected chi connectivity index (χ1v) is 5.43. The average molecular weight is 238 g/mol. The Morgan fingerprint density at radius 3 is 2.76 bits per heavy atom. The summed E-state index contributed by atoms with van der Waals surface area (Å²) in [5, 5.41) is 12.3. The lowest BCUT2D eigenvalue weighted by Gasteiger charge is -2.17. The summed E-state index contributed by atoms with van der Waals surface area (Å²) in [6, 6.07) is 4.95. The highest BCUT2D eigenvalue weighted by Gasteiger charge is 2.09. The van der Waals surface area contributed by atoms with Crippen molar-refractivity contribution in [1.29, 1.82) is 0 Å². The Kier molecular flexibility index (Phi) is 4.63. The number of carbonyl (C=O) groups excluding carboxylic acids is 1. The van der Waals surface area contributed by atoms with E-state index in [2.05, 4.69) is 5.32 Å². The number of hydrogen-bond acceptors (Lipinski definition) is 3. The van der Waals surface area contributed by atoms with E-state index >= 15 is 0 Å². The van der Waals surface area contributed by atoms with E-state index in [-0.39, 0.29) is 11.8 Å². The molecule has 0 aliphatic rings. The van der Waals surface area contributed by atoms with Gasteiger partial charge in [-0.1, -0.05) is 6.07 Å². The molecule has 0 aliphatic heterocycles. The maximum atomic E-state index is 11.5. The third-order valence-corrected chi connectivity index (χ3v) is 2.34. The Hall–Kier alpha value is -1.91. The molecular formula is C12H18N2O3. The van der Waals surface area contributed by atoms with Crippen molar-refractivity contribution in [3.8, 4) is 11.5 Å². The van der Waals surface area contributed by atoms with Crippen molar-refractivity contribution in [3.05, 3.63) is 23.8 Å². The number of benzene rings is 1. The number of methoxy groups -OCH3 is 1. The van der Waals surface area contributed by atoms with Crippen LogP contribution in [0.4, 0.5) is 4.79 Å². The van der Waals surface area contributed by atoms with Crippen LogP contribution in [-0.2, 0) is 6.54 Å². The van der Waals surface area contributed by atoms with E-state index in [0.717, 1.165) is 5.56 Å². The van der Waals surface area contributed by atoms with Crippen molar-refractivity contribution < 1.29 is 14.6 Å². The SMILES string of the molecule is CCNC(=O)N(C)Cc1ccc(OC)c(O)c1. The predicted octanol–water partition coefficient (Wildman–Crippen LogP) is 1.56. The molecule has 0 unspecified atom stereocenters. The standard InChI is InChI=1S/C12H18N2O3/c1-4-13-12(16)14(2)8-9-5-6-11(17-3)10(15)7-9/h5-7,15H,4,8H2,1-3H3,(H,13,16). The van der Waals surface area contributed by atoms with Crippen molar-refractivity contribution in [3.63, 3.8) is 0 Å². The molecule has 0 saturated heterocycles. The van der Waals surface area contributed by atoms with Crippen molar-refractivity contribution in [2.75, 3.05) is 20.7 Å². The van der Waals surface area contributed by atoms with Gasteiger partial charge >= 0.3 is 6.03 Å². The summed E-state index contributed by atoms with van der Waals surface area (Å²) in [4.78, 5) is 13.0. The first kappa shape index (κ1) is 13.2. The fourth-order valence-corrected chi connectivity index (χ4v) is 1.47. The van der Waals surface area contributed by atoms with Crippen LogP contribution in [-0.4, -0.2) is 36.7 Å². The average Bonchev–Trinajstić information content (AvgIpc) is 2.29. The molecule has 5 heteroatoms. The van der Waals surface area contributed by atoms with Crippen LogP contribution < -0.4 is 10.1 Å². The lowest BCUT2D eigenvalue weighted by molar-refractivity contribution is 0.207. The topological polar surface area (TPSA) is 61.8 Å². The van der Waals surface area contributed by atoms with Crippen LogP contribution in [0.15, 0.2) is 18.2 Å². The van der Waals surface area contributed by atoms with Gasteiger partial charge < -0.3 is 20.1 Å². The molecule has 0 fully saturated rings. The van der Waals surface area contributed by atoms with Crippen molar-refractivity contribution in [2.45, 2.75) is 13.5 Å². The number of hydrogen-bond donors (Lipinski definition) is 2. The summed E-state index contributed by atoms with van der Waals surface area (Å²) in [6.07, 6.45) is 0. The van der Waals surface area contributed by atoms with E-state index in [1.165, 1.54) is 7.11 Å². The first-order chi connectivity index (χ1) is 8.08. The van der Waals surface area contributed by atoms with Crippen LogP contribution in [0, 0.1) is 0 Å². The molecule has 2 N–H and O–H groups in total. The van der Waals surface area contributed by atoms with Crippen molar-refractivity contribution >= 4 is 6.03 Å². The first-order valence-electron chi connectivity index (χ1n) is 5.43. The largest absolute Gasteiger partial charge is 0.504 e. The van der Waals surface area contributed by atoms with Crippen LogP contribution >= 0.6 is 0 Å². The highest BCUT2D eigenvalue weighted by molar-refractivity contribution is 5.73. The Morgan fingerprint density at radius 2 is 2.24 bits per heavy atom. The Labute approximate surface area is 101 Å². The fourth-order valence-electron chi connectivity index (χ4n) is 1.47. The molecule has 17 heavy (non-hydrogen) atoms. The highest BCUT2D eigenvalue weighted by Crippen LogP contribution is 2.26. The Balaban J connectivity index is 2.68. The summed E-state index contributed by atoms with van der Waals surface area (Å²) >= 11 is 0. The van der Waals surface area contributed by atoms with Gasteiger partial charge in [0, 0.05) is 20.1 Å². The number of carbonyl (C=O) groups is 1. The van der Waals surface area contributed by atoms with E-state index in [1.54, 1.807) is 24.1 Å². The van der Waals surface area contributed by atoms with Gasteiger partial charge in [-0.25, -0.2) is 4.79 Å². The van der Waals surface area contributed by atoms with Crippen LogP contribution in [0.2, 0.25) is 0 Å². The lowest BCUT2D eigenvalue weighted by Crippen LogP contribution is -2.36. The van der Waals surface area contributed by atoms with E-state index in [1.807, 2.05) is 13.0 Å². The normalized spacial score (nSPS) is 9.82. The van der Waals surface area contributed by atoms with Gasteiger partial charge in [-0.15, -0.1) is 0 Å². The number of amides is 2. The molecule has 1 aromatic carbocycles. The van der Waals surface area contributed by atoms with E-state index < -0.39 is 0 Å². The summed E-state index contributed by atoms with van der Waals surface area (Å²) in [5.74, 6) is 0.503. The van der Waals surface area contributed by atoms with Gasteiger partial charge in [0.05, 0.1) is 7.11 Å². The van der Waals surface area contributed by atoms with E-state index in [4.69, 9.17) is 4.74 Å². The predicted molar refractivity (Wildman–Crippen MR) is 65.2 cm³/mol. The number of nitrogens with zero attached hydrogens (tertiary/aromatic N) is 1. The maximum Gasteiger partial charge on any atom is 0.317 e. The van der Waals surface area contributed by atoms with Gasteiger partial charge in [0.1, 0.15) is 0 Å². The number of ether oxygens (including phenoxy) is 1. The molecule has 0 aromatic heterocycles. The van der Waals surface area contributed by atoms with Crippen LogP contribution in [0.5, 0.6) is 11.5 Å². The number of nitrogens with one attached hydrogen (secondary N) is 1. The number of rotatable bonds is 4. The summed E-state index contributed by atoms with van der Waals surface area (Å²) in [7, 11) is 3.20. The zero-order chi connectivity index (χ0) is 12.8. The van der Waals surface area contributed by atoms with Crippen LogP contribution in [0.3, 0.4) is 0 Å². The van der Waals surface area contributed by atoms with E-state index in [0.29, 0.717) is 18.8 Å². The summed E-state index contributed by atoms with van der Waals surface area (Å²) in [5.41, 5.74) is 0.844. The maximum absolute atomic E-state index is 11.5. The van der Waals surface area contributed by atoms with Crippen LogP contribution in [0.25, 0.3) is 0 Å². The molecule has 0 radical (unpaired) electrons. The molecule has 0 saturated carbocycles. The zero-order valence-corrected chi connectivity index (χ0v) is 10.4. The van der Waals surface area contributed by atoms with Gasteiger partial charge in [-0.05, 0) is 24.6 Å². The van der Waals surface area contributed by atoms with Crippen LogP contribution in [0.1, 0.15) is 12.5 Å². The molecule has 94 valence electrons. The minimum absolute atomic E-state index is 0.0781. The number of urea groups is 1. The lowest BCUT2D eigenvalue weighted by atomic mass is 10.2.